The van der Waals surface area contributed by atoms with E-state index in [0.717, 1.165) is 0 Å². The maximum atomic E-state index is 11.8. The SMILES string of the molecule is C[C@@H]1CN(C(=O)OC(C)(C)C)CCNC1=O. The second-order valence-corrected chi connectivity index (χ2v) is 5.12. The molecule has 0 radical (unpaired) electrons. The fourth-order valence-corrected chi connectivity index (χ4v) is 1.49. The summed E-state index contributed by atoms with van der Waals surface area (Å²) in [4.78, 5) is 24.7. The van der Waals surface area contributed by atoms with E-state index in [9.17, 15) is 9.59 Å². The Morgan fingerprint density at radius 2 is 2.12 bits per heavy atom. The van der Waals surface area contributed by atoms with Gasteiger partial charge in [0.15, 0.2) is 0 Å². The standard InChI is InChI=1S/C11H20N2O3/c1-8-7-13(6-5-12-9(8)14)10(15)16-11(2,3)4/h8H,5-7H2,1-4H3,(H,12,14)/t8-/m1/s1. The molecule has 1 saturated heterocycles. The largest absolute Gasteiger partial charge is 0.444 e. The summed E-state index contributed by atoms with van der Waals surface area (Å²) in [6.07, 6.45) is -0.351. The van der Waals surface area contributed by atoms with Gasteiger partial charge in [0, 0.05) is 19.6 Å². The molecule has 1 N–H and O–H groups in total. The Morgan fingerprint density at radius 3 is 2.69 bits per heavy atom. The van der Waals surface area contributed by atoms with E-state index in [0.29, 0.717) is 19.6 Å². The summed E-state index contributed by atoms with van der Waals surface area (Å²) in [5.74, 6) is -0.193. The van der Waals surface area contributed by atoms with Crippen molar-refractivity contribution in [2.24, 2.45) is 5.92 Å². The number of ether oxygens (including phenoxy) is 1. The first kappa shape index (κ1) is 12.8. The summed E-state index contributed by atoms with van der Waals surface area (Å²) < 4.78 is 5.26. The highest BCUT2D eigenvalue weighted by molar-refractivity contribution is 5.80. The van der Waals surface area contributed by atoms with Gasteiger partial charge in [0.05, 0.1) is 5.92 Å². The van der Waals surface area contributed by atoms with Crippen LogP contribution in [0.4, 0.5) is 4.79 Å². The van der Waals surface area contributed by atoms with Gasteiger partial charge >= 0.3 is 6.09 Å². The molecular weight excluding hydrogens is 208 g/mol. The lowest BCUT2D eigenvalue weighted by Gasteiger charge is -2.26. The van der Waals surface area contributed by atoms with Gasteiger partial charge in [0.25, 0.3) is 0 Å². The second kappa shape index (κ2) is 4.72. The van der Waals surface area contributed by atoms with Crippen molar-refractivity contribution in [1.29, 1.82) is 0 Å². The molecule has 1 aliphatic heterocycles. The average Bonchev–Trinajstić information content (AvgIpc) is 2.27. The molecule has 92 valence electrons. The van der Waals surface area contributed by atoms with Gasteiger partial charge in [0.1, 0.15) is 5.60 Å². The Hall–Kier alpha value is -1.26. The number of nitrogens with one attached hydrogen (secondary N) is 1. The van der Waals surface area contributed by atoms with Crippen LogP contribution in [0.3, 0.4) is 0 Å². The highest BCUT2D eigenvalue weighted by Gasteiger charge is 2.27. The van der Waals surface area contributed by atoms with Crippen molar-refractivity contribution >= 4 is 12.0 Å². The van der Waals surface area contributed by atoms with Crippen molar-refractivity contribution in [2.75, 3.05) is 19.6 Å². The van der Waals surface area contributed by atoms with Crippen LogP contribution in [0, 0.1) is 5.92 Å². The molecule has 0 aromatic carbocycles. The van der Waals surface area contributed by atoms with Crippen molar-refractivity contribution in [1.82, 2.24) is 10.2 Å². The smallest absolute Gasteiger partial charge is 0.410 e. The molecule has 0 aliphatic carbocycles. The quantitative estimate of drug-likeness (QED) is 0.672. The van der Waals surface area contributed by atoms with Gasteiger partial charge in [-0.15, -0.1) is 0 Å². The maximum absolute atomic E-state index is 11.8. The van der Waals surface area contributed by atoms with E-state index >= 15 is 0 Å². The van der Waals surface area contributed by atoms with Crippen molar-refractivity contribution in [3.63, 3.8) is 0 Å². The minimum atomic E-state index is -0.496. The lowest BCUT2D eigenvalue weighted by Crippen LogP contribution is -2.39. The molecule has 0 bridgehead atoms. The molecule has 1 heterocycles. The van der Waals surface area contributed by atoms with Crippen LogP contribution in [0.15, 0.2) is 0 Å². The fourth-order valence-electron chi connectivity index (χ4n) is 1.49. The van der Waals surface area contributed by atoms with Crippen molar-refractivity contribution < 1.29 is 14.3 Å². The van der Waals surface area contributed by atoms with Crippen LogP contribution >= 0.6 is 0 Å². The van der Waals surface area contributed by atoms with Gasteiger partial charge in [-0.1, -0.05) is 6.92 Å². The monoisotopic (exact) mass is 228 g/mol. The third kappa shape index (κ3) is 3.72. The van der Waals surface area contributed by atoms with Crippen LogP contribution in [-0.4, -0.2) is 42.1 Å². The first-order chi connectivity index (χ1) is 7.29. The Bertz CT molecular complexity index is 283. The highest BCUT2D eigenvalue weighted by atomic mass is 16.6. The van der Waals surface area contributed by atoms with Crippen LogP contribution in [0.2, 0.25) is 0 Å². The third-order valence-corrected chi connectivity index (χ3v) is 2.27. The minimum absolute atomic E-state index is 0.00828. The summed E-state index contributed by atoms with van der Waals surface area (Å²) in [6.45, 7) is 8.70. The minimum Gasteiger partial charge on any atom is -0.444 e. The molecule has 0 unspecified atom stereocenters. The number of hydrogen-bond donors (Lipinski definition) is 1. The predicted molar refractivity (Wildman–Crippen MR) is 60.0 cm³/mol. The number of hydrogen-bond acceptors (Lipinski definition) is 3. The van der Waals surface area contributed by atoms with Gasteiger partial charge in [-0.25, -0.2) is 4.79 Å². The number of carbonyl (C=O) groups excluding carboxylic acids is 2. The summed E-state index contributed by atoms with van der Waals surface area (Å²) in [5, 5.41) is 2.75. The zero-order valence-electron chi connectivity index (χ0n) is 10.4. The topological polar surface area (TPSA) is 58.6 Å². The number of carbonyl (C=O) groups is 2. The van der Waals surface area contributed by atoms with Gasteiger partial charge in [-0.2, -0.15) is 0 Å². The third-order valence-electron chi connectivity index (χ3n) is 2.27. The summed E-state index contributed by atoms with van der Waals surface area (Å²) in [5.41, 5.74) is -0.496. The fraction of sp³-hybridized carbons (Fsp3) is 0.818. The first-order valence-electron chi connectivity index (χ1n) is 5.55. The molecule has 1 fully saturated rings. The van der Waals surface area contributed by atoms with Crippen molar-refractivity contribution in [2.45, 2.75) is 33.3 Å². The van der Waals surface area contributed by atoms with Crippen LogP contribution < -0.4 is 5.32 Å². The molecule has 0 saturated carbocycles. The zero-order chi connectivity index (χ0) is 12.3. The van der Waals surface area contributed by atoms with E-state index in [-0.39, 0.29) is 17.9 Å². The molecule has 0 aromatic heterocycles. The lowest BCUT2D eigenvalue weighted by molar-refractivity contribution is -0.124. The molecule has 5 heteroatoms. The van der Waals surface area contributed by atoms with E-state index in [1.807, 2.05) is 20.8 Å². The van der Waals surface area contributed by atoms with Gasteiger partial charge in [0.2, 0.25) is 5.91 Å². The normalized spacial score (nSPS) is 22.4. The second-order valence-electron chi connectivity index (χ2n) is 5.12. The average molecular weight is 228 g/mol. The molecule has 16 heavy (non-hydrogen) atoms. The number of nitrogens with zero attached hydrogens (tertiary/aromatic N) is 1. The van der Waals surface area contributed by atoms with E-state index in [1.54, 1.807) is 11.8 Å². The molecule has 0 aromatic rings. The van der Waals surface area contributed by atoms with Crippen molar-refractivity contribution in [3.8, 4) is 0 Å². The summed E-state index contributed by atoms with van der Waals surface area (Å²) in [6, 6.07) is 0. The van der Waals surface area contributed by atoms with Crippen molar-refractivity contribution in [3.05, 3.63) is 0 Å². The molecule has 5 nitrogen and oxygen atoms in total. The number of amides is 2. The Balaban J connectivity index is 2.59. The van der Waals surface area contributed by atoms with Crippen LogP contribution in [-0.2, 0) is 9.53 Å². The summed E-state index contributed by atoms with van der Waals surface area (Å²) in [7, 11) is 0. The first-order valence-corrected chi connectivity index (χ1v) is 5.55. The van der Waals surface area contributed by atoms with E-state index in [4.69, 9.17) is 4.74 Å². The van der Waals surface area contributed by atoms with E-state index < -0.39 is 5.60 Å². The molecule has 2 amide bonds. The highest BCUT2D eigenvalue weighted by Crippen LogP contribution is 2.12. The predicted octanol–water partition coefficient (Wildman–Crippen LogP) is 0.989. The molecule has 1 aliphatic rings. The zero-order valence-corrected chi connectivity index (χ0v) is 10.4. The van der Waals surface area contributed by atoms with E-state index in [2.05, 4.69) is 5.32 Å². The molecule has 1 atom stereocenters. The van der Waals surface area contributed by atoms with Gasteiger partial charge in [-0.3, -0.25) is 4.79 Å². The molecule has 1 rings (SSSR count). The number of rotatable bonds is 0. The molecule has 0 spiro atoms. The Kier molecular flexibility index (Phi) is 3.78. The van der Waals surface area contributed by atoms with Crippen LogP contribution in [0.25, 0.3) is 0 Å². The molecular formula is C11H20N2O3. The van der Waals surface area contributed by atoms with Gasteiger partial charge < -0.3 is 15.0 Å². The van der Waals surface area contributed by atoms with Crippen LogP contribution in [0.1, 0.15) is 27.7 Å². The Labute approximate surface area is 96.1 Å². The van der Waals surface area contributed by atoms with E-state index in [1.165, 1.54) is 0 Å². The lowest BCUT2D eigenvalue weighted by atomic mass is 10.1. The maximum Gasteiger partial charge on any atom is 0.410 e. The Morgan fingerprint density at radius 1 is 1.50 bits per heavy atom. The summed E-state index contributed by atoms with van der Waals surface area (Å²) >= 11 is 0. The van der Waals surface area contributed by atoms with Gasteiger partial charge in [-0.05, 0) is 20.8 Å². The van der Waals surface area contributed by atoms with Crippen LogP contribution in [0.5, 0.6) is 0 Å².